The van der Waals surface area contributed by atoms with Gasteiger partial charge in [-0.1, -0.05) is 0 Å². The van der Waals surface area contributed by atoms with Crippen LogP contribution < -0.4 is 0 Å². The molecule has 2 rings (SSSR count). The Hall–Kier alpha value is -1.35. The molecule has 1 aliphatic rings. The number of amides is 1. The first kappa shape index (κ1) is 16.0. The molecule has 1 heterocycles. The van der Waals surface area contributed by atoms with Crippen molar-refractivity contribution in [1.29, 1.82) is 0 Å². The molecule has 0 spiro atoms. The first-order valence-corrected chi connectivity index (χ1v) is 7.66. The minimum absolute atomic E-state index is 0.0235. The van der Waals surface area contributed by atoms with Gasteiger partial charge in [0.15, 0.2) is 0 Å². The van der Waals surface area contributed by atoms with Gasteiger partial charge in [-0.2, -0.15) is 0 Å². The van der Waals surface area contributed by atoms with Gasteiger partial charge >= 0.3 is 5.97 Å². The number of phenols is 1. The SMILES string of the molecule is O=C(O)COC1CCN(C(=O)c2cc(I)ccc2O)CC1. The Labute approximate surface area is 135 Å². The highest BCUT2D eigenvalue weighted by Crippen LogP contribution is 2.23. The van der Waals surface area contributed by atoms with E-state index in [9.17, 15) is 14.7 Å². The van der Waals surface area contributed by atoms with Crippen LogP contribution in [0.3, 0.4) is 0 Å². The molecule has 0 aliphatic carbocycles. The smallest absolute Gasteiger partial charge is 0.329 e. The van der Waals surface area contributed by atoms with Gasteiger partial charge in [0.1, 0.15) is 12.4 Å². The molecule has 1 aliphatic heterocycles. The molecular formula is C14H16INO5. The normalized spacial score (nSPS) is 16.0. The molecule has 0 bridgehead atoms. The summed E-state index contributed by atoms with van der Waals surface area (Å²) < 4.78 is 6.12. The number of hydrogen-bond acceptors (Lipinski definition) is 4. The van der Waals surface area contributed by atoms with Crippen LogP contribution in [0.5, 0.6) is 5.75 Å². The van der Waals surface area contributed by atoms with Gasteiger partial charge in [-0.25, -0.2) is 4.79 Å². The molecule has 0 radical (unpaired) electrons. The lowest BCUT2D eigenvalue weighted by molar-refractivity contribution is -0.145. The number of likely N-dealkylation sites (tertiary alicyclic amines) is 1. The van der Waals surface area contributed by atoms with Crippen molar-refractivity contribution in [3.8, 4) is 5.75 Å². The zero-order valence-electron chi connectivity index (χ0n) is 11.3. The number of hydrogen-bond donors (Lipinski definition) is 2. The molecule has 0 aromatic heterocycles. The number of carboxylic acids is 1. The Morgan fingerprint density at radius 2 is 2.00 bits per heavy atom. The maximum Gasteiger partial charge on any atom is 0.329 e. The number of benzene rings is 1. The quantitative estimate of drug-likeness (QED) is 0.745. The number of piperidine rings is 1. The number of halogens is 1. The van der Waals surface area contributed by atoms with Crippen molar-refractivity contribution in [2.45, 2.75) is 18.9 Å². The Balaban J connectivity index is 1.94. The summed E-state index contributed by atoms with van der Waals surface area (Å²) in [4.78, 5) is 24.5. The summed E-state index contributed by atoms with van der Waals surface area (Å²) in [5.74, 6) is -1.22. The number of aromatic hydroxyl groups is 1. The number of ether oxygens (including phenoxy) is 1. The molecule has 7 heteroatoms. The second-order valence-corrected chi connectivity index (χ2v) is 6.10. The molecule has 1 saturated heterocycles. The monoisotopic (exact) mass is 405 g/mol. The Bertz CT molecular complexity index is 540. The third kappa shape index (κ3) is 4.31. The number of rotatable bonds is 4. The van der Waals surface area contributed by atoms with E-state index in [0.29, 0.717) is 31.5 Å². The van der Waals surface area contributed by atoms with Crippen LogP contribution in [0.15, 0.2) is 18.2 Å². The number of carbonyl (C=O) groups excluding carboxylic acids is 1. The van der Waals surface area contributed by atoms with E-state index >= 15 is 0 Å². The maximum absolute atomic E-state index is 12.4. The van der Waals surface area contributed by atoms with E-state index in [0.717, 1.165) is 3.57 Å². The van der Waals surface area contributed by atoms with Crippen LogP contribution in [0.25, 0.3) is 0 Å². The molecule has 0 atom stereocenters. The number of aliphatic carboxylic acids is 1. The molecule has 0 saturated carbocycles. The van der Waals surface area contributed by atoms with Crippen molar-refractivity contribution in [2.75, 3.05) is 19.7 Å². The summed E-state index contributed by atoms with van der Waals surface area (Å²) in [7, 11) is 0. The minimum Gasteiger partial charge on any atom is -0.507 e. The van der Waals surface area contributed by atoms with E-state index in [1.807, 2.05) is 0 Å². The minimum atomic E-state index is -0.989. The topological polar surface area (TPSA) is 87.1 Å². The van der Waals surface area contributed by atoms with E-state index in [1.165, 1.54) is 6.07 Å². The molecule has 1 fully saturated rings. The summed E-state index contributed by atoms with van der Waals surface area (Å²) >= 11 is 2.09. The fourth-order valence-corrected chi connectivity index (χ4v) is 2.76. The highest BCUT2D eigenvalue weighted by Gasteiger charge is 2.26. The van der Waals surface area contributed by atoms with Crippen LogP contribution in [0, 0.1) is 3.57 Å². The summed E-state index contributed by atoms with van der Waals surface area (Å²) in [5.41, 5.74) is 0.298. The Morgan fingerprint density at radius 1 is 1.33 bits per heavy atom. The van der Waals surface area contributed by atoms with Gasteiger partial charge in [0.25, 0.3) is 5.91 Å². The van der Waals surface area contributed by atoms with Crippen LogP contribution in [0.2, 0.25) is 0 Å². The second kappa shape index (κ2) is 7.08. The lowest BCUT2D eigenvalue weighted by Crippen LogP contribution is -2.41. The summed E-state index contributed by atoms with van der Waals surface area (Å²) in [6.07, 6.45) is 1.07. The van der Waals surface area contributed by atoms with Crippen molar-refractivity contribution in [1.82, 2.24) is 4.90 Å². The van der Waals surface area contributed by atoms with Crippen LogP contribution in [0.1, 0.15) is 23.2 Å². The van der Waals surface area contributed by atoms with Gasteiger partial charge in [0, 0.05) is 16.7 Å². The highest BCUT2D eigenvalue weighted by atomic mass is 127. The largest absolute Gasteiger partial charge is 0.507 e. The predicted octanol–water partition coefficient (Wildman–Crippen LogP) is 1.70. The third-order valence-electron chi connectivity index (χ3n) is 3.36. The Morgan fingerprint density at radius 3 is 2.62 bits per heavy atom. The first-order valence-electron chi connectivity index (χ1n) is 6.58. The summed E-state index contributed by atoms with van der Waals surface area (Å²) in [6.45, 7) is 0.679. The van der Waals surface area contributed by atoms with Gasteiger partial charge in [-0.3, -0.25) is 4.79 Å². The fourth-order valence-electron chi connectivity index (χ4n) is 2.26. The van der Waals surface area contributed by atoms with E-state index in [4.69, 9.17) is 9.84 Å². The lowest BCUT2D eigenvalue weighted by atomic mass is 10.1. The van der Waals surface area contributed by atoms with Gasteiger partial charge in [-0.05, 0) is 53.6 Å². The zero-order valence-corrected chi connectivity index (χ0v) is 13.4. The van der Waals surface area contributed by atoms with Crippen molar-refractivity contribution < 1.29 is 24.5 Å². The molecule has 1 amide bonds. The van der Waals surface area contributed by atoms with Crippen LogP contribution in [0.4, 0.5) is 0 Å². The molecule has 21 heavy (non-hydrogen) atoms. The number of carboxylic acid groups (broad SMARTS) is 1. The molecule has 0 unspecified atom stereocenters. The number of carbonyl (C=O) groups is 2. The van der Waals surface area contributed by atoms with Crippen molar-refractivity contribution in [3.63, 3.8) is 0 Å². The maximum atomic E-state index is 12.4. The molecular weight excluding hydrogens is 389 g/mol. The highest BCUT2D eigenvalue weighted by molar-refractivity contribution is 14.1. The van der Waals surface area contributed by atoms with E-state index < -0.39 is 5.97 Å². The average Bonchev–Trinajstić information content (AvgIpc) is 2.47. The fraction of sp³-hybridized carbons (Fsp3) is 0.429. The average molecular weight is 405 g/mol. The Kier molecular flexibility index (Phi) is 5.40. The van der Waals surface area contributed by atoms with E-state index in [-0.39, 0.29) is 24.4 Å². The van der Waals surface area contributed by atoms with Gasteiger partial charge in [0.2, 0.25) is 0 Å². The van der Waals surface area contributed by atoms with Crippen LogP contribution in [-0.2, 0) is 9.53 Å². The molecule has 6 nitrogen and oxygen atoms in total. The zero-order chi connectivity index (χ0) is 15.4. The lowest BCUT2D eigenvalue weighted by Gasteiger charge is -2.31. The molecule has 114 valence electrons. The molecule has 2 N–H and O–H groups in total. The third-order valence-corrected chi connectivity index (χ3v) is 4.03. The second-order valence-electron chi connectivity index (χ2n) is 4.86. The van der Waals surface area contributed by atoms with Gasteiger partial charge in [0.05, 0.1) is 11.7 Å². The molecule has 1 aromatic carbocycles. The summed E-state index contributed by atoms with van der Waals surface area (Å²) in [5, 5.41) is 18.4. The van der Waals surface area contributed by atoms with E-state index in [2.05, 4.69) is 22.6 Å². The predicted molar refractivity (Wildman–Crippen MR) is 83.3 cm³/mol. The number of phenolic OH excluding ortho intramolecular Hbond substituents is 1. The van der Waals surface area contributed by atoms with Gasteiger partial charge < -0.3 is 19.8 Å². The van der Waals surface area contributed by atoms with E-state index in [1.54, 1.807) is 17.0 Å². The van der Waals surface area contributed by atoms with Crippen molar-refractivity contribution in [3.05, 3.63) is 27.3 Å². The van der Waals surface area contributed by atoms with Gasteiger partial charge in [-0.15, -0.1) is 0 Å². The van der Waals surface area contributed by atoms with Crippen LogP contribution >= 0.6 is 22.6 Å². The number of nitrogens with zero attached hydrogens (tertiary/aromatic N) is 1. The van der Waals surface area contributed by atoms with Crippen molar-refractivity contribution in [2.24, 2.45) is 0 Å². The van der Waals surface area contributed by atoms with Crippen molar-refractivity contribution >= 4 is 34.5 Å². The standard InChI is InChI=1S/C14H16INO5/c15-9-1-2-12(17)11(7-9)14(20)16-5-3-10(4-6-16)21-8-13(18)19/h1-2,7,10,17H,3-6,8H2,(H,18,19). The van der Waals surface area contributed by atoms with Crippen LogP contribution in [-0.4, -0.2) is 52.8 Å². The first-order chi connectivity index (χ1) is 9.97. The summed E-state index contributed by atoms with van der Waals surface area (Å²) in [6, 6.07) is 4.90. The molecule has 1 aromatic rings.